The molecule has 0 radical (unpaired) electrons. The Labute approximate surface area is 178 Å². The lowest BCUT2D eigenvalue weighted by atomic mass is 9.70. The summed E-state index contributed by atoms with van der Waals surface area (Å²) < 4.78 is 6.26. The predicted molar refractivity (Wildman–Crippen MR) is 122 cm³/mol. The quantitative estimate of drug-likeness (QED) is 0.456. The fourth-order valence-corrected chi connectivity index (χ4v) is 5.18. The normalized spacial score (nSPS) is 18.5. The van der Waals surface area contributed by atoms with Gasteiger partial charge in [-0.2, -0.15) is 0 Å². The zero-order valence-electron chi connectivity index (χ0n) is 17.6. The van der Waals surface area contributed by atoms with Crippen LogP contribution in [0.2, 0.25) is 0 Å². The lowest BCUT2D eigenvalue weighted by Gasteiger charge is -2.33. The molecule has 0 amide bonds. The number of rotatable bonds is 4. The van der Waals surface area contributed by atoms with Crippen molar-refractivity contribution >= 4 is 5.78 Å². The first kappa shape index (κ1) is 19.0. The van der Waals surface area contributed by atoms with E-state index in [0.717, 1.165) is 34.2 Å². The zero-order valence-corrected chi connectivity index (χ0v) is 17.6. The molecule has 0 fully saturated rings. The Balaban J connectivity index is 1.86. The molecule has 2 aliphatic carbocycles. The minimum absolute atomic E-state index is 0.0325. The molecular weight excluding hydrogens is 368 g/mol. The van der Waals surface area contributed by atoms with Crippen LogP contribution in [-0.2, 0) is 11.2 Å². The topological polar surface area (TPSA) is 26.3 Å². The molecule has 30 heavy (non-hydrogen) atoms. The summed E-state index contributed by atoms with van der Waals surface area (Å²) in [4.78, 5) is 13.4. The second kappa shape index (κ2) is 7.07. The van der Waals surface area contributed by atoms with Crippen LogP contribution in [0.5, 0.6) is 0 Å². The lowest BCUT2D eigenvalue weighted by molar-refractivity contribution is 0.0911. The van der Waals surface area contributed by atoms with Crippen LogP contribution < -0.4 is 0 Å². The lowest BCUT2D eigenvalue weighted by Crippen LogP contribution is -2.28. The summed E-state index contributed by atoms with van der Waals surface area (Å²) in [5.74, 6) is 0.246. The van der Waals surface area contributed by atoms with E-state index in [1.165, 1.54) is 16.7 Å². The molecule has 0 heterocycles. The van der Waals surface area contributed by atoms with Crippen LogP contribution in [0.25, 0.3) is 22.3 Å². The standard InChI is InChI=1S/C28H26O2/c1-4-14-30-27-21-13-9-8-12-20(21)26-22(27)15-19-16-28(2,3)17-23(29)24(19)25(26)18-10-6-5-7-11-18/h4-13,15,27H,1,14,16-17H2,2-3H3. The first-order valence-corrected chi connectivity index (χ1v) is 10.6. The number of Topliss-reactive ketones (excluding diaryl/α,β-unsaturated/α-hetero) is 1. The highest BCUT2D eigenvalue weighted by atomic mass is 16.5. The number of hydrogen-bond donors (Lipinski definition) is 0. The minimum atomic E-state index is -0.137. The van der Waals surface area contributed by atoms with Gasteiger partial charge in [-0.1, -0.05) is 80.6 Å². The minimum Gasteiger partial charge on any atom is -0.365 e. The van der Waals surface area contributed by atoms with E-state index in [4.69, 9.17) is 4.74 Å². The van der Waals surface area contributed by atoms with Crippen molar-refractivity contribution in [1.29, 1.82) is 0 Å². The number of ether oxygens (including phenoxy) is 1. The van der Waals surface area contributed by atoms with Gasteiger partial charge in [-0.25, -0.2) is 0 Å². The Kier molecular flexibility index (Phi) is 4.48. The monoisotopic (exact) mass is 394 g/mol. The summed E-state index contributed by atoms with van der Waals surface area (Å²) in [6.07, 6.45) is 3.13. The van der Waals surface area contributed by atoms with Crippen LogP contribution in [0.3, 0.4) is 0 Å². The van der Waals surface area contributed by atoms with E-state index in [2.05, 4.69) is 62.9 Å². The van der Waals surface area contributed by atoms with Gasteiger partial charge in [0.2, 0.25) is 0 Å². The third-order valence-electron chi connectivity index (χ3n) is 6.26. The highest BCUT2D eigenvalue weighted by molar-refractivity contribution is 6.10. The molecule has 5 rings (SSSR count). The van der Waals surface area contributed by atoms with Crippen LogP contribution in [0.15, 0.2) is 73.3 Å². The Bertz CT molecular complexity index is 1150. The highest BCUT2D eigenvalue weighted by Crippen LogP contribution is 2.53. The molecule has 2 nitrogen and oxygen atoms in total. The molecule has 2 heteroatoms. The van der Waals surface area contributed by atoms with Crippen LogP contribution in [0.1, 0.15) is 53.4 Å². The molecule has 3 aromatic carbocycles. The fraction of sp³-hybridized carbons (Fsp3) is 0.250. The molecule has 1 unspecified atom stereocenters. The maximum Gasteiger partial charge on any atom is 0.164 e. The Morgan fingerprint density at radius 3 is 2.47 bits per heavy atom. The molecule has 0 spiro atoms. The van der Waals surface area contributed by atoms with Gasteiger partial charge < -0.3 is 4.74 Å². The van der Waals surface area contributed by atoms with Gasteiger partial charge in [0.15, 0.2) is 5.78 Å². The predicted octanol–water partition coefficient (Wildman–Crippen LogP) is 6.78. The average molecular weight is 395 g/mol. The molecule has 0 bridgehead atoms. The average Bonchev–Trinajstić information content (AvgIpc) is 3.03. The molecule has 0 saturated heterocycles. The molecule has 0 N–H and O–H groups in total. The summed E-state index contributed by atoms with van der Waals surface area (Å²) >= 11 is 0. The number of carbonyl (C=O) groups is 1. The zero-order chi connectivity index (χ0) is 20.9. The number of ketones is 1. The van der Waals surface area contributed by atoms with E-state index in [0.29, 0.717) is 13.0 Å². The maximum absolute atomic E-state index is 13.4. The molecule has 2 aliphatic rings. The smallest absolute Gasteiger partial charge is 0.164 e. The summed E-state index contributed by atoms with van der Waals surface area (Å²) in [5.41, 5.74) is 8.83. The van der Waals surface area contributed by atoms with Gasteiger partial charge in [0.05, 0.1) is 6.61 Å². The second-order valence-corrected chi connectivity index (χ2v) is 9.15. The summed E-state index contributed by atoms with van der Waals surface area (Å²) in [7, 11) is 0. The van der Waals surface area contributed by atoms with E-state index in [-0.39, 0.29) is 17.3 Å². The molecular formula is C28H26O2. The summed E-state index contributed by atoms with van der Waals surface area (Å²) in [5, 5.41) is 0. The van der Waals surface area contributed by atoms with Gasteiger partial charge in [-0.3, -0.25) is 4.79 Å². The van der Waals surface area contributed by atoms with Crippen LogP contribution in [-0.4, -0.2) is 12.4 Å². The van der Waals surface area contributed by atoms with Gasteiger partial charge in [0.25, 0.3) is 0 Å². The first-order chi connectivity index (χ1) is 14.5. The van der Waals surface area contributed by atoms with Crippen molar-refractivity contribution < 1.29 is 9.53 Å². The van der Waals surface area contributed by atoms with E-state index in [1.807, 2.05) is 18.2 Å². The third kappa shape index (κ3) is 2.95. The van der Waals surface area contributed by atoms with Gasteiger partial charge in [0, 0.05) is 17.5 Å². The van der Waals surface area contributed by atoms with E-state index in [9.17, 15) is 4.79 Å². The Morgan fingerprint density at radius 2 is 1.70 bits per heavy atom. The first-order valence-electron chi connectivity index (χ1n) is 10.6. The summed E-state index contributed by atoms with van der Waals surface area (Å²) in [6, 6.07) is 21.0. The van der Waals surface area contributed by atoms with Crippen LogP contribution in [0, 0.1) is 5.41 Å². The van der Waals surface area contributed by atoms with Crippen molar-refractivity contribution in [3.63, 3.8) is 0 Å². The van der Waals surface area contributed by atoms with Crippen LogP contribution >= 0.6 is 0 Å². The maximum atomic E-state index is 13.4. The molecule has 0 aliphatic heterocycles. The number of carbonyl (C=O) groups excluding carboxylic acids is 1. The molecule has 1 atom stereocenters. The van der Waals surface area contributed by atoms with Crippen molar-refractivity contribution in [2.75, 3.05) is 6.61 Å². The largest absolute Gasteiger partial charge is 0.365 e. The molecule has 0 saturated carbocycles. The van der Waals surface area contributed by atoms with Crippen molar-refractivity contribution in [1.82, 2.24) is 0 Å². The van der Waals surface area contributed by atoms with Crippen molar-refractivity contribution in [3.8, 4) is 22.3 Å². The van der Waals surface area contributed by atoms with E-state index < -0.39 is 0 Å². The second-order valence-electron chi connectivity index (χ2n) is 9.15. The van der Waals surface area contributed by atoms with Gasteiger partial charge in [0.1, 0.15) is 6.10 Å². The molecule has 150 valence electrons. The molecule has 3 aromatic rings. The van der Waals surface area contributed by atoms with Crippen LogP contribution in [0.4, 0.5) is 0 Å². The van der Waals surface area contributed by atoms with Gasteiger partial charge in [-0.05, 0) is 45.2 Å². The SMILES string of the molecule is C=CCOC1c2ccccc2-c2c1cc1c(c2-c2ccccc2)C(=O)CC(C)(C)C1. The van der Waals surface area contributed by atoms with Gasteiger partial charge in [-0.15, -0.1) is 6.58 Å². The highest BCUT2D eigenvalue weighted by Gasteiger charge is 2.39. The fourth-order valence-electron chi connectivity index (χ4n) is 5.18. The summed E-state index contributed by atoms with van der Waals surface area (Å²) in [6.45, 7) is 8.68. The number of benzene rings is 3. The third-order valence-corrected chi connectivity index (χ3v) is 6.26. The van der Waals surface area contributed by atoms with E-state index in [1.54, 1.807) is 6.08 Å². The Hall–Kier alpha value is -2.97. The van der Waals surface area contributed by atoms with Crippen molar-refractivity contribution in [2.24, 2.45) is 5.41 Å². The van der Waals surface area contributed by atoms with E-state index >= 15 is 0 Å². The van der Waals surface area contributed by atoms with Gasteiger partial charge >= 0.3 is 0 Å². The molecule has 0 aromatic heterocycles. The van der Waals surface area contributed by atoms with Crippen molar-refractivity contribution in [3.05, 3.63) is 95.6 Å². The van der Waals surface area contributed by atoms with Crippen molar-refractivity contribution in [2.45, 2.75) is 32.8 Å². The Morgan fingerprint density at radius 1 is 0.967 bits per heavy atom. The number of fused-ring (bicyclic) bond motifs is 4. The number of hydrogen-bond acceptors (Lipinski definition) is 2.